The summed E-state index contributed by atoms with van der Waals surface area (Å²) in [4.78, 5) is 0. The van der Waals surface area contributed by atoms with Crippen molar-refractivity contribution in [2.75, 3.05) is 0 Å². The van der Waals surface area contributed by atoms with Crippen LogP contribution >= 0.6 is 63.0 Å². The summed E-state index contributed by atoms with van der Waals surface area (Å²) in [6.45, 7) is 30.4. The Morgan fingerprint density at radius 1 is 0.590 bits per heavy atom. The number of hydrogen-bond acceptors (Lipinski definition) is 1. The Kier molecular flexibility index (Phi) is 46.8. The van der Waals surface area contributed by atoms with Gasteiger partial charge in [0.2, 0.25) is 1.44 Å². The average Bonchev–Trinajstić information content (AvgIpc) is 3.59. The fourth-order valence-electron chi connectivity index (χ4n) is 2.72. The van der Waals surface area contributed by atoms with Gasteiger partial charge in [-0.25, -0.2) is 0 Å². The standard InChI is InChI=1S/C13H24NSi2.2C5H5.3CO.BBr4.2Fe/c1-15(2,3)14(16(4,5)6)12-13-10-8-7-9-11-13;2*1-2-4-5-3-1;3*1-2;2-1(3,4)5;;/h7-12H,1-6H3;2*1-5H;;;;;;/q-1;;;;;;-1;;+3. The van der Waals surface area contributed by atoms with Gasteiger partial charge in [-0.05, 0) is 64.2 Å². The first-order valence-electron chi connectivity index (χ1n) is 10.7. The van der Waals surface area contributed by atoms with Gasteiger partial charge in [-0.2, -0.15) is 17.7 Å². The second-order valence-electron chi connectivity index (χ2n) is 8.67. The van der Waals surface area contributed by atoms with Gasteiger partial charge < -0.3 is 67.3 Å². The van der Waals surface area contributed by atoms with Gasteiger partial charge in [0, 0.05) is 17.1 Å². The second-order valence-corrected chi connectivity index (χ2v) is 31.6. The van der Waals surface area contributed by atoms with Crippen molar-refractivity contribution < 1.29 is 48.1 Å². The molecule has 0 unspecified atom stereocenters. The zero-order valence-electron chi connectivity index (χ0n) is 22.7. The fraction of sp³-hybridized carbons (Fsp3) is 0.231. The number of hydrogen-bond donors (Lipinski definition) is 0. The fourth-order valence-corrected chi connectivity index (χ4v) is 11.8. The van der Waals surface area contributed by atoms with E-state index < -0.39 is 17.9 Å². The van der Waals surface area contributed by atoms with Crippen LogP contribution in [-0.2, 0) is 48.1 Å². The van der Waals surface area contributed by atoms with Crippen LogP contribution in [0.25, 0.3) is 0 Å². The zero-order valence-corrected chi connectivity index (χ0v) is 33.3. The van der Waals surface area contributed by atoms with Crippen molar-refractivity contribution in [1.82, 2.24) is 4.23 Å². The molecule has 0 saturated heterocycles. The van der Waals surface area contributed by atoms with E-state index in [0.717, 1.165) is 0 Å². The maximum absolute atomic E-state index is 7.50. The van der Waals surface area contributed by atoms with Gasteiger partial charge in [-0.15, -0.1) is 18.7 Å². The van der Waals surface area contributed by atoms with Gasteiger partial charge >= 0.3 is 51.0 Å². The van der Waals surface area contributed by atoms with E-state index in [9.17, 15) is 0 Å². The van der Waals surface area contributed by atoms with E-state index in [1.807, 2.05) is 64.2 Å². The van der Waals surface area contributed by atoms with Gasteiger partial charge in [-0.3, -0.25) is 0 Å². The van der Waals surface area contributed by atoms with Crippen LogP contribution in [0.5, 0.6) is 0 Å². The third kappa shape index (κ3) is 44.3. The molecule has 11 radical (unpaired) electrons. The molecule has 4 nitrogen and oxygen atoms in total. The molecule has 0 aliphatic heterocycles. The van der Waals surface area contributed by atoms with Crippen LogP contribution in [0.2, 0.25) is 39.3 Å². The summed E-state index contributed by atoms with van der Waals surface area (Å²) in [5, 5.41) is 0. The van der Waals surface area contributed by atoms with Crippen LogP contribution in [0.4, 0.5) is 0 Å². The van der Waals surface area contributed by atoms with Crippen LogP contribution < -0.4 is 0 Å². The summed E-state index contributed by atoms with van der Waals surface area (Å²) in [5.41, 5.74) is 1.33. The first kappa shape index (κ1) is 53.3. The normalized spacial score (nSPS) is 13.2. The smallest absolute Gasteiger partial charge is 0.0312 e. The molecule has 2 aliphatic rings. The van der Waals surface area contributed by atoms with E-state index in [0.29, 0.717) is 0 Å². The molecule has 39 heavy (non-hydrogen) atoms. The SMILES string of the molecule is Br[B-](Br)(Br)Br.C[Si](C)(C)N([CH-]c1ccccc1)[Si](C)(C)C.[C-]#[O+].[C-]#[O+].[C-]#[O+].[CH]1[CH][CH][CH][CH]1.[CH]1[CH][CH][CH][CH]1.[Fe+3].[Fe]. The summed E-state index contributed by atoms with van der Waals surface area (Å²) in [5.74, 6) is 0. The monoisotopic (exact) mass is 903 g/mol. The Balaban J connectivity index is -0.0000000981. The van der Waals surface area contributed by atoms with Crippen LogP contribution in [0, 0.1) is 90.7 Å². The number of rotatable bonds is 4. The molecule has 0 aromatic heterocycles. The van der Waals surface area contributed by atoms with E-state index >= 15 is 0 Å². The van der Waals surface area contributed by atoms with Crippen molar-refractivity contribution in [2.45, 2.75) is 39.3 Å². The molecule has 0 N–H and O–H groups in total. The maximum Gasteiger partial charge on any atom is 3.00 e. The molecule has 0 bridgehead atoms. The average molecular weight is 907 g/mol. The quantitative estimate of drug-likeness (QED) is 0.169. The van der Waals surface area contributed by atoms with Crippen molar-refractivity contribution in [2.24, 2.45) is 0 Å². The van der Waals surface area contributed by atoms with Gasteiger partial charge in [0.1, 0.15) is 16.5 Å². The first-order valence-corrected chi connectivity index (χ1v) is 21.3. The molecule has 1 aromatic carbocycles. The Morgan fingerprint density at radius 2 is 0.795 bits per heavy atom. The van der Waals surface area contributed by atoms with Crippen molar-refractivity contribution in [1.29, 1.82) is 0 Å². The predicted molar refractivity (Wildman–Crippen MR) is 175 cm³/mol. The maximum atomic E-state index is 7.50. The minimum absolute atomic E-state index is 0. The summed E-state index contributed by atoms with van der Waals surface area (Å²) in [6, 6.07) is 10.7. The molecule has 0 heterocycles. The Morgan fingerprint density at radius 3 is 0.974 bits per heavy atom. The van der Waals surface area contributed by atoms with E-state index in [1.165, 1.54) is 5.56 Å². The number of nitrogens with zero attached hydrogens (tertiary/aromatic N) is 1. The third-order valence-corrected chi connectivity index (χ3v) is 10.8. The number of halogens is 4. The van der Waals surface area contributed by atoms with Crippen LogP contribution in [0.15, 0.2) is 30.3 Å². The number of benzene rings is 1. The molecule has 2 fully saturated rings. The Bertz CT molecular complexity index is 633. The molecule has 3 rings (SSSR count). The second kappa shape index (κ2) is 34.2. The predicted octanol–water partition coefficient (Wildman–Crippen LogP) is 9.10. The minimum Gasteiger partial charge on any atom is -0.0312 e. The molecule has 2 aliphatic carbocycles. The van der Waals surface area contributed by atoms with Gasteiger partial charge in [0.05, 0.1) is 0 Å². The summed E-state index contributed by atoms with van der Waals surface area (Å²) in [7, 11) is -2.53. The van der Waals surface area contributed by atoms with Gasteiger partial charge in [0.25, 0.3) is 0 Å². The zero-order chi connectivity index (χ0) is 30.0. The summed E-state index contributed by atoms with van der Waals surface area (Å²) < 4.78 is 24.4. The van der Waals surface area contributed by atoms with Crippen LogP contribution in [0.3, 0.4) is 0 Å². The molecule has 1 aromatic rings. The first-order chi connectivity index (χ1) is 17.2. The van der Waals surface area contributed by atoms with E-state index in [4.69, 9.17) is 14.0 Å². The Labute approximate surface area is 296 Å². The van der Waals surface area contributed by atoms with Crippen molar-refractivity contribution >= 4 is 80.9 Å². The van der Waals surface area contributed by atoms with Gasteiger partial charge in [0.15, 0.2) is 0 Å². The largest absolute Gasteiger partial charge is 3.00 e. The van der Waals surface area contributed by atoms with E-state index in [2.05, 4.69) is 163 Å². The van der Waals surface area contributed by atoms with Crippen LogP contribution in [0.1, 0.15) is 5.56 Å². The topological polar surface area (TPSA) is 62.9 Å². The minimum atomic E-state index is -1.27. The molecular weight excluding hydrogens is 873 g/mol. The molecular formula is C26H34BBr4Fe2NO3Si2+. The van der Waals surface area contributed by atoms with Crippen molar-refractivity contribution in [3.05, 3.63) is 127 Å². The van der Waals surface area contributed by atoms with Crippen molar-refractivity contribution in [3.63, 3.8) is 0 Å². The molecule has 215 valence electrons. The van der Waals surface area contributed by atoms with Crippen molar-refractivity contribution in [3.8, 4) is 0 Å². The van der Waals surface area contributed by atoms with E-state index in [1.54, 1.807) is 0 Å². The molecule has 0 amide bonds. The summed E-state index contributed by atoms with van der Waals surface area (Å²) >= 11 is 12.8. The van der Waals surface area contributed by atoms with E-state index in [-0.39, 0.29) is 34.1 Å². The summed E-state index contributed by atoms with van der Waals surface area (Å²) in [6.07, 6.45) is 20.0. The Hall–Kier alpha value is 1.73. The molecule has 2 saturated carbocycles. The van der Waals surface area contributed by atoms with Crippen LogP contribution in [-0.4, -0.2) is 22.1 Å². The third-order valence-electron chi connectivity index (χ3n) is 3.63. The molecule has 0 atom stereocenters. The molecule has 13 heteroatoms. The van der Waals surface area contributed by atoms with Gasteiger partial charge in [-0.1, -0.05) is 45.3 Å². The molecule has 0 spiro atoms.